The molecule has 120 valence electrons. The molecule has 4 aromatic rings. The van der Waals surface area contributed by atoms with Gasteiger partial charge in [-0.3, -0.25) is 4.98 Å². The third kappa shape index (κ3) is 2.92. The van der Waals surface area contributed by atoms with Gasteiger partial charge in [0.05, 0.1) is 21.2 Å². The van der Waals surface area contributed by atoms with E-state index in [0.29, 0.717) is 5.92 Å². The van der Waals surface area contributed by atoms with E-state index in [4.69, 9.17) is 0 Å². The van der Waals surface area contributed by atoms with E-state index in [1.807, 2.05) is 11.7 Å². The number of pyridine rings is 1. The highest BCUT2D eigenvalue weighted by molar-refractivity contribution is 7.16. The van der Waals surface area contributed by atoms with E-state index in [2.05, 4.69) is 66.3 Å². The van der Waals surface area contributed by atoms with Crippen molar-refractivity contribution in [3.05, 3.63) is 70.9 Å². The Morgan fingerprint density at radius 3 is 2.75 bits per heavy atom. The van der Waals surface area contributed by atoms with E-state index < -0.39 is 0 Å². The maximum absolute atomic E-state index is 4.62. The van der Waals surface area contributed by atoms with Gasteiger partial charge in [-0.25, -0.2) is 4.98 Å². The zero-order valence-electron chi connectivity index (χ0n) is 14.0. The Morgan fingerprint density at radius 2 is 1.88 bits per heavy atom. The molecule has 0 aliphatic carbocycles. The Balaban J connectivity index is 1.60. The Bertz CT molecular complexity index is 1000. The first-order valence-corrected chi connectivity index (χ1v) is 9.31. The van der Waals surface area contributed by atoms with Crippen molar-refractivity contribution in [1.82, 2.24) is 9.97 Å². The zero-order chi connectivity index (χ0) is 16.5. The standard InChI is InChI=1S/C21H20N2S/c1-3-15-9-18-5-4-16(10-20(18)22-12-15)8-14(2)17-6-7-19-21(11-17)24-13-23-19/h4-7,9-14H,3,8H2,1-2H3. The van der Waals surface area contributed by atoms with E-state index in [9.17, 15) is 0 Å². The second kappa shape index (κ2) is 6.33. The highest BCUT2D eigenvalue weighted by atomic mass is 32.1. The molecule has 2 nitrogen and oxygen atoms in total. The first kappa shape index (κ1) is 15.3. The van der Waals surface area contributed by atoms with Crippen molar-refractivity contribution < 1.29 is 0 Å². The van der Waals surface area contributed by atoms with Gasteiger partial charge in [-0.05, 0) is 59.7 Å². The molecule has 0 N–H and O–H groups in total. The summed E-state index contributed by atoms with van der Waals surface area (Å²) in [4.78, 5) is 8.98. The lowest BCUT2D eigenvalue weighted by molar-refractivity contribution is 0.761. The number of rotatable bonds is 4. The van der Waals surface area contributed by atoms with Crippen LogP contribution >= 0.6 is 11.3 Å². The minimum absolute atomic E-state index is 0.476. The van der Waals surface area contributed by atoms with E-state index in [-0.39, 0.29) is 0 Å². The van der Waals surface area contributed by atoms with E-state index in [0.717, 1.165) is 23.9 Å². The third-order valence-electron chi connectivity index (χ3n) is 4.68. The molecule has 0 spiro atoms. The largest absolute Gasteiger partial charge is 0.256 e. The molecule has 2 heterocycles. The van der Waals surface area contributed by atoms with E-state index in [1.165, 1.54) is 26.8 Å². The highest BCUT2D eigenvalue weighted by Gasteiger charge is 2.09. The van der Waals surface area contributed by atoms with Crippen LogP contribution in [0.25, 0.3) is 21.1 Å². The van der Waals surface area contributed by atoms with Crippen molar-refractivity contribution in [1.29, 1.82) is 0 Å². The number of aryl methyl sites for hydroxylation is 1. The summed E-state index contributed by atoms with van der Waals surface area (Å²) >= 11 is 1.71. The molecular formula is C21H20N2S. The van der Waals surface area contributed by atoms with Gasteiger partial charge in [-0.2, -0.15) is 0 Å². The summed E-state index contributed by atoms with van der Waals surface area (Å²) in [6.07, 6.45) is 4.05. The number of thiazole rings is 1. The van der Waals surface area contributed by atoms with Gasteiger partial charge < -0.3 is 0 Å². The van der Waals surface area contributed by atoms with Crippen LogP contribution in [0.15, 0.2) is 54.2 Å². The number of benzene rings is 2. The minimum atomic E-state index is 0.476. The fraction of sp³-hybridized carbons (Fsp3) is 0.238. The molecule has 0 amide bonds. The Morgan fingerprint density at radius 1 is 0.958 bits per heavy atom. The molecule has 1 unspecified atom stereocenters. The van der Waals surface area contributed by atoms with E-state index >= 15 is 0 Å². The Hall–Kier alpha value is -2.26. The summed E-state index contributed by atoms with van der Waals surface area (Å²) in [5, 5.41) is 1.23. The second-order valence-corrected chi connectivity index (χ2v) is 7.30. The predicted octanol–water partition coefficient (Wildman–Crippen LogP) is 5.75. The third-order valence-corrected chi connectivity index (χ3v) is 5.47. The van der Waals surface area contributed by atoms with Crippen LogP contribution in [0.4, 0.5) is 0 Å². The molecule has 0 saturated carbocycles. The summed E-state index contributed by atoms with van der Waals surface area (Å²) in [5.74, 6) is 0.476. The summed E-state index contributed by atoms with van der Waals surface area (Å²) in [6.45, 7) is 4.46. The molecule has 24 heavy (non-hydrogen) atoms. The molecule has 0 aliphatic heterocycles. The molecule has 1 atom stereocenters. The van der Waals surface area contributed by atoms with Crippen molar-refractivity contribution in [2.24, 2.45) is 0 Å². The van der Waals surface area contributed by atoms with Crippen molar-refractivity contribution in [2.75, 3.05) is 0 Å². The molecule has 0 aliphatic rings. The summed E-state index contributed by atoms with van der Waals surface area (Å²) < 4.78 is 1.27. The first-order chi connectivity index (χ1) is 11.7. The lowest BCUT2D eigenvalue weighted by Crippen LogP contribution is -1.98. The monoisotopic (exact) mass is 332 g/mol. The van der Waals surface area contributed by atoms with Crippen LogP contribution in [0, 0.1) is 0 Å². The predicted molar refractivity (Wildman–Crippen MR) is 103 cm³/mol. The summed E-state index contributed by atoms with van der Waals surface area (Å²) in [6, 6.07) is 15.5. The maximum atomic E-state index is 4.62. The topological polar surface area (TPSA) is 25.8 Å². The van der Waals surface area contributed by atoms with Crippen molar-refractivity contribution in [3.8, 4) is 0 Å². The van der Waals surface area contributed by atoms with Crippen LogP contribution in [0.2, 0.25) is 0 Å². The van der Waals surface area contributed by atoms with Crippen molar-refractivity contribution in [2.45, 2.75) is 32.6 Å². The highest BCUT2D eigenvalue weighted by Crippen LogP contribution is 2.27. The van der Waals surface area contributed by atoms with Gasteiger partial charge in [-0.15, -0.1) is 11.3 Å². The summed E-state index contributed by atoms with van der Waals surface area (Å²) in [7, 11) is 0. The van der Waals surface area contributed by atoms with Crippen LogP contribution in [0.5, 0.6) is 0 Å². The second-order valence-electron chi connectivity index (χ2n) is 6.41. The van der Waals surface area contributed by atoms with Crippen LogP contribution < -0.4 is 0 Å². The number of hydrogen-bond acceptors (Lipinski definition) is 3. The van der Waals surface area contributed by atoms with Crippen molar-refractivity contribution >= 4 is 32.5 Å². The lowest BCUT2D eigenvalue weighted by atomic mass is 9.93. The fourth-order valence-corrected chi connectivity index (χ4v) is 3.91. The van der Waals surface area contributed by atoms with Crippen LogP contribution in [0.1, 0.15) is 36.5 Å². The molecule has 0 saturated heterocycles. The average molecular weight is 332 g/mol. The SMILES string of the molecule is CCc1cnc2cc(CC(C)c3ccc4ncsc4c3)ccc2c1. The maximum Gasteiger partial charge on any atom is 0.0812 e. The fourth-order valence-electron chi connectivity index (χ4n) is 3.18. The number of hydrogen-bond donors (Lipinski definition) is 0. The van der Waals surface area contributed by atoms with E-state index in [1.54, 1.807) is 11.3 Å². The Labute approximate surface area is 146 Å². The minimum Gasteiger partial charge on any atom is -0.256 e. The van der Waals surface area contributed by atoms with Gasteiger partial charge in [0.15, 0.2) is 0 Å². The number of aromatic nitrogens is 2. The van der Waals surface area contributed by atoms with Crippen LogP contribution in [0.3, 0.4) is 0 Å². The molecule has 0 bridgehead atoms. The molecule has 4 rings (SSSR count). The van der Waals surface area contributed by atoms with Crippen LogP contribution in [-0.2, 0) is 12.8 Å². The molecule has 0 fully saturated rings. The van der Waals surface area contributed by atoms with Gasteiger partial charge in [-0.1, -0.05) is 32.0 Å². The Kier molecular flexibility index (Phi) is 4.03. The van der Waals surface area contributed by atoms with Crippen LogP contribution in [-0.4, -0.2) is 9.97 Å². The van der Waals surface area contributed by atoms with Gasteiger partial charge >= 0.3 is 0 Å². The summed E-state index contributed by atoms with van der Waals surface area (Å²) in [5.41, 5.74) is 8.12. The van der Waals surface area contributed by atoms with Crippen molar-refractivity contribution in [3.63, 3.8) is 0 Å². The van der Waals surface area contributed by atoms with Gasteiger partial charge in [0.25, 0.3) is 0 Å². The normalized spacial score (nSPS) is 12.8. The zero-order valence-corrected chi connectivity index (χ0v) is 14.8. The van der Waals surface area contributed by atoms with Gasteiger partial charge in [0.2, 0.25) is 0 Å². The molecule has 2 aromatic heterocycles. The molecule has 0 radical (unpaired) electrons. The average Bonchev–Trinajstić information content (AvgIpc) is 3.09. The molecular weight excluding hydrogens is 312 g/mol. The lowest BCUT2D eigenvalue weighted by Gasteiger charge is -2.13. The number of nitrogens with zero attached hydrogens (tertiary/aromatic N) is 2. The first-order valence-electron chi connectivity index (χ1n) is 8.43. The quantitative estimate of drug-likeness (QED) is 0.475. The van der Waals surface area contributed by atoms with Gasteiger partial charge in [0, 0.05) is 11.6 Å². The smallest absolute Gasteiger partial charge is 0.0812 e. The molecule has 3 heteroatoms. The molecule has 2 aromatic carbocycles. The van der Waals surface area contributed by atoms with Gasteiger partial charge in [0.1, 0.15) is 0 Å². The number of fused-ring (bicyclic) bond motifs is 2.